The molecule has 2 aliphatic rings. The van der Waals surface area contributed by atoms with E-state index in [1.165, 1.54) is 0 Å². The number of allylic oxidation sites excluding steroid dienone is 1. The average Bonchev–Trinajstić information content (AvgIpc) is 3.01. The van der Waals surface area contributed by atoms with Crippen LogP contribution in [0, 0.1) is 5.92 Å². The van der Waals surface area contributed by atoms with Gasteiger partial charge in [-0.3, -0.25) is 14.6 Å². The number of dihydropyridines is 1. The molecule has 1 unspecified atom stereocenters. The molecule has 0 radical (unpaired) electrons. The van der Waals surface area contributed by atoms with Gasteiger partial charge in [0.2, 0.25) is 0 Å². The summed E-state index contributed by atoms with van der Waals surface area (Å²) in [6.07, 6.45) is 1.70. The highest BCUT2D eigenvalue weighted by molar-refractivity contribution is 6.30. The maximum atomic E-state index is 12.8. The molecule has 4 rings (SSSR count). The van der Waals surface area contributed by atoms with Gasteiger partial charge in [-0.25, -0.2) is 4.98 Å². The molecule has 0 spiro atoms. The SMILES string of the molecule is CC1C(=O)c2nc(-c3ccccc3)[nH]c2C2=C1C(=O)C(C)(C)N=C2. The van der Waals surface area contributed by atoms with E-state index in [2.05, 4.69) is 15.0 Å². The first-order valence-corrected chi connectivity index (χ1v) is 7.94. The lowest BCUT2D eigenvalue weighted by Crippen LogP contribution is -2.40. The van der Waals surface area contributed by atoms with Gasteiger partial charge in [-0.2, -0.15) is 0 Å². The Kier molecular flexibility index (Phi) is 2.97. The molecular formula is C19H17N3O2. The summed E-state index contributed by atoms with van der Waals surface area (Å²) >= 11 is 0. The van der Waals surface area contributed by atoms with Crippen LogP contribution in [-0.4, -0.2) is 33.3 Å². The number of Topliss-reactive ketones (excluding diaryl/α,β-unsaturated/α-hetero) is 2. The molecule has 0 saturated carbocycles. The van der Waals surface area contributed by atoms with Crippen LogP contribution >= 0.6 is 0 Å². The van der Waals surface area contributed by atoms with E-state index < -0.39 is 11.5 Å². The lowest BCUT2D eigenvalue weighted by Gasteiger charge is -2.30. The van der Waals surface area contributed by atoms with Crippen molar-refractivity contribution in [2.24, 2.45) is 10.9 Å². The number of carbonyl (C=O) groups is 2. The predicted octanol–water partition coefficient (Wildman–Crippen LogP) is 3.09. The normalized spacial score (nSPS) is 21.7. The maximum absolute atomic E-state index is 12.8. The quantitative estimate of drug-likeness (QED) is 0.877. The fourth-order valence-electron chi connectivity index (χ4n) is 3.25. The van der Waals surface area contributed by atoms with Crippen LogP contribution in [0.15, 0.2) is 40.9 Å². The summed E-state index contributed by atoms with van der Waals surface area (Å²) in [7, 11) is 0. The van der Waals surface area contributed by atoms with Crippen LogP contribution in [-0.2, 0) is 4.79 Å². The molecular weight excluding hydrogens is 302 g/mol. The number of aromatic amines is 1. The lowest BCUT2D eigenvalue weighted by molar-refractivity contribution is -0.119. The van der Waals surface area contributed by atoms with E-state index in [9.17, 15) is 9.59 Å². The molecule has 0 fully saturated rings. The van der Waals surface area contributed by atoms with Crippen molar-refractivity contribution in [3.05, 3.63) is 47.3 Å². The minimum Gasteiger partial charge on any atom is -0.337 e. The Morgan fingerprint density at radius 1 is 1.12 bits per heavy atom. The van der Waals surface area contributed by atoms with Crippen LogP contribution < -0.4 is 0 Å². The van der Waals surface area contributed by atoms with Gasteiger partial charge in [0.05, 0.1) is 11.6 Å². The van der Waals surface area contributed by atoms with Crippen LogP contribution in [0.25, 0.3) is 17.0 Å². The number of hydrogen-bond acceptors (Lipinski definition) is 4. The van der Waals surface area contributed by atoms with Gasteiger partial charge >= 0.3 is 0 Å². The summed E-state index contributed by atoms with van der Waals surface area (Å²) in [5, 5.41) is 0. The Labute approximate surface area is 139 Å². The zero-order chi connectivity index (χ0) is 17.1. The average molecular weight is 319 g/mol. The monoisotopic (exact) mass is 319 g/mol. The molecule has 5 heteroatoms. The Morgan fingerprint density at radius 3 is 2.54 bits per heavy atom. The summed E-state index contributed by atoms with van der Waals surface area (Å²) < 4.78 is 0. The highest BCUT2D eigenvalue weighted by Crippen LogP contribution is 2.39. The van der Waals surface area contributed by atoms with E-state index in [1.54, 1.807) is 27.0 Å². The second-order valence-electron chi connectivity index (χ2n) is 6.73. The van der Waals surface area contributed by atoms with Gasteiger partial charge in [0.15, 0.2) is 11.6 Å². The van der Waals surface area contributed by atoms with Gasteiger partial charge in [-0.15, -0.1) is 0 Å². The van der Waals surface area contributed by atoms with Crippen molar-refractivity contribution in [1.29, 1.82) is 0 Å². The van der Waals surface area contributed by atoms with Crippen LogP contribution in [0.5, 0.6) is 0 Å². The van der Waals surface area contributed by atoms with Gasteiger partial charge in [-0.05, 0) is 13.8 Å². The van der Waals surface area contributed by atoms with E-state index >= 15 is 0 Å². The number of nitrogens with one attached hydrogen (secondary N) is 1. The smallest absolute Gasteiger partial charge is 0.190 e. The number of aliphatic imine (C=N–C) groups is 1. The summed E-state index contributed by atoms with van der Waals surface area (Å²) in [6, 6.07) is 9.61. The second-order valence-corrected chi connectivity index (χ2v) is 6.73. The van der Waals surface area contributed by atoms with E-state index in [-0.39, 0.29) is 11.6 Å². The van der Waals surface area contributed by atoms with Crippen molar-refractivity contribution in [1.82, 2.24) is 9.97 Å². The molecule has 1 aromatic heterocycles. The van der Waals surface area contributed by atoms with Crippen LogP contribution in [0.2, 0.25) is 0 Å². The Balaban J connectivity index is 1.93. The Bertz CT molecular complexity index is 933. The number of imidazole rings is 1. The third-order valence-electron chi connectivity index (χ3n) is 4.69. The van der Waals surface area contributed by atoms with Crippen molar-refractivity contribution in [2.75, 3.05) is 0 Å². The molecule has 24 heavy (non-hydrogen) atoms. The summed E-state index contributed by atoms with van der Waals surface area (Å²) in [6.45, 7) is 5.31. The fourth-order valence-corrected chi connectivity index (χ4v) is 3.25. The van der Waals surface area contributed by atoms with Crippen LogP contribution in [0.4, 0.5) is 0 Å². The highest BCUT2D eigenvalue weighted by atomic mass is 16.1. The summed E-state index contributed by atoms with van der Waals surface area (Å²) in [5.41, 5.74) is 2.28. The molecule has 1 aromatic carbocycles. The highest BCUT2D eigenvalue weighted by Gasteiger charge is 2.43. The Morgan fingerprint density at radius 2 is 1.83 bits per heavy atom. The minimum atomic E-state index is -0.826. The number of ketones is 2. The fraction of sp³-hybridized carbons (Fsp3) is 0.263. The summed E-state index contributed by atoms with van der Waals surface area (Å²) in [4.78, 5) is 37.6. The number of carbonyl (C=O) groups excluding carboxylic acids is 2. The number of nitrogens with zero attached hydrogens (tertiary/aromatic N) is 2. The topological polar surface area (TPSA) is 75.2 Å². The van der Waals surface area contributed by atoms with E-state index in [0.29, 0.717) is 28.4 Å². The number of rotatable bonds is 1. The van der Waals surface area contributed by atoms with Gasteiger partial charge in [0.1, 0.15) is 17.1 Å². The number of benzene rings is 1. The standard InChI is InChI=1S/C19H17N3O2/c1-10-13-12(9-20-19(2,3)17(13)24)14-15(16(10)23)22-18(21-14)11-7-5-4-6-8-11/h4-10H,1-3H3,(H,21,22). The Hall–Kier alpha value is -2.82. The van der Waals surface area contributed by atoms with Gasteiger partial charge < -0.3 is 4.98 Å². The van der Waals surface area contributed by atoms with Crippen molar-refractivity contribution < 1.29 is 9.59 Å². The van der Waals surface area contributed by atoms with E-state index in [0.717, 1.165) is 5.56 Å². The molecule has 120 valence electrons. The molecule has 1 aliphatic carbocycles. The van der Waals surface area contributed by atoms with E-state index in [1.807, 2.05) is 30.3 Å². The molecule has 1 atom stereocenters. The van der Waals surface area contributed by atoms with Gasteiger partial charge in [0.25, 0.3) is 0 Å². The van der Waals surface area contributed by atoms with Crippen molar-refractivity contribution in [2.45, 2.75) is 26.3 Å². The van der Waals surface area contributed by atoms with Gasteiger partial charge in [-0.1, -0.05) is 37.3 Å². The first kappa shape index (κ1) is 14.8. The molecule has 0 bridgehead atoms. The van der Waals surface area contributed by atoms with Crippen molar-refractivity contribution in [3.63, 3.8) is 0 Å². The molecule has 2 heterocycles. The maximum Gasteiger partial charge on any atom is 0.190 e. The number of hydrogen-bond donors (Lipinski definition) is 1. The molecule has 2 aromatic rings. The summed E-state index contributed by atoms with van der Waals surface area (Å²) in [5.74, 6) is -0.0949. The third-order valence-corrected chi connectivity index (χ3v) is 4.69. The molecule has 5 nitrogen and oxygen atoms in total. The van der Waals surface area contributed by atoms with Crippen LogP contribution in [0.3, 0.4) is 0 Å². The first-order chi connectivity index (χ1) is 11.4. The molecule has 0 saturated heterocycles. The zero-order valence-electron chi connectivity index (χ0n) is 13.8. The van der Waals surface area contributed by atoms with Crippen LogP contribution in [0.1, 0.15) is 37.0 Å². The predicted molar refractivity (Wildman–Crippen MR) is 92.0 cm³/mol. The molecule has 1 aliphatic heterocycles. The lowest BCUT2D eigenvalue weighted by atomic mass is 9.75. The first-order valence-electron chi connectivity index (χ1n) is 7.94. The number of aromatic nitrogens is 2. The minimum absolute atomic E-state index is 0.0950. The number of H-pyrrole nitrogens is 1. The van der Waals surface area contributed by atoms with Crippen molar-refractivity contribution >= 4 is 23.4 Å². The van der Waals surface area contributed by atoms with Gasteiger partial charge in [0, 0.05) is 22.9 Å². The molecule has 1 N–H and O–H groups in total. The third kappa shape index (κ3) is 1.94. The largest absolute Gasteiger partial charge is 0.337 e. The van der Waals surface area contributed by atoms with E-state index in [4.69, 9.17) is 0 Å². The number of fused-ring (bicyclic) bond motifs is 2. The zero-order valence-corrected chi connectivity index (χ0v) is 13.8. The second kappa shape index (κ2) is 4.84. The van der Waals surface area contributed by atoms with Crippen molar-refractivity contribution in [3.8, 4) is 11.4 Å². The molecule has 0 amide bonds.